The zero-order valence-electron chi connectivity index (χ0n) is 13.0. The number of H-pyrrole nitrogens is 1. The SMILES string of the molecule is CCN(CC)CC.S=c1[nH]nc(-c2ccn3ncnc3c2)o1. The van der Waals surface area contributed by atoms with E-state index in [0.717, 1.165) is 11.2 Å². The van der Waals surface area contributed by atoms with Gasteiger partial charge in [-0.3, -0.25) is 0 Å². The van der Waals surface area contributed by atoms with Crippen LogP contribution in [-0.4, -0.2) is 49.3 Å². The Bertz CT molecular complexity index is 752. The smallest absolute Gasteiger partial charge is 0.284 e. The van der Waals surface area contributed by atoms with Crippen molar-refractivity contribution in [3.05, 3.63) is 29.5 Å². The fraction of sp³-hybridized carbons (Fsp3) is 0.429. The Balaban J connectivity index is 0.000000217. The van der Waals surface area contributed by atoms with E-state index in [0.29, 0.717) is 5.89 Å². The van der Waals surface area contributed by atoms with E-state index >= 15 is 0 Å². The summed E-state index contributed by atoms with van der Waals surface area (Å²) in [5, 5.41) is 10.5. The van der Waals surface area contributed by atoms with Crippen LogP contribution < -0.4 is 0 Å². The summed E-state index contributed by atoms with van der Waals surface area (Å²) in [6.07, 6.45) is 3.27. The summed E-state index contributed by atoms with van der Waals surface area (Å²) in [6.45, 7) is 10.1. The minimum absolute atomic E-state index is 0.256. The van der Waals surface area contributed by atoms with Gasteiger partial charge in [0.2, 0.25) is 5.89 Å². The monoisotopic (exact) mass is 320 g/mol. The first-order valence-corrected chi connectivity index (χ1v) is 7.66. The van der Waals surface area contributed by atoms with Crippen LogP contribution in [0.5, 0.6) is 0 Å². The molecule has 0 aliphatic carbocycles. The second-order valence-corrected chi connectivity index (χ2v) is 4.89. The molecular weight excluding hydrogens is 300 g/mol. The van der Waals surface area contributed by atoms with Gasteiger partial charge < -0.3 is 9.32 Å². The number of aromatic nitrogens is 5. The van der Waals surface area contributed by atoms with Gasteiger partial charge in [0.05, 0.1) is 0 Å². The molecule has 3 aromatic rings. The highest BCUT2D eigenvalue weighted by Crippen LogP contribution is 2.17. The zero-order valence-corrected chi connectivity index (χ0v) is 13.8. The number of nitrogens with one attached hydrogen (secondary N) is 1. The second-order valence-electron chi connectivity index (χ2n) is 4.52. The van der Waals surface area contributed by atoms with Crippen molar-refractivity contribution < 1.29 is 4.42 Å². The lowest BCUT2D eigenvalue weighted by molar-refractivity contribution is 0.321. The number of rotatable bonds is 4. The zero-order chi connectivity index (χ0) is 15.9. The Morgan fingerprint density at radius 2 is 2.00 bits per heavy atom. The van der Waals surface area contributed by atoms with Gasteiger partial charge in [-0.05, 0) is 44.0 Å². The molecule has 0 aliphatic rings. The standard InChI is InChI=1S/C8H5N5OS.C6H15N/c15-8-12-11-7(14-8)5-1-2-13-6(3-5)9-4-10-13;1-4-7(5-2)6-3/h1-4H,(H,12,15);4-6H2,1-3H3. The molecule has 3 aromatic heterocycles. The normalized spacial score (nSPS) is 10.7. The summed E-state index contributed by atoms with van der Waals surface area (Å²) in [5.74, 6) is 0.450. The Labute approximate surface area is 134 Å². The lowest BCUT2D eigenvalue weighted by Gasteiger charge is -2.13. The summed E-state index contributed by atoms with van der Waals surface area (Å²) < 4.78 is 6.84. The summed E-state index contributed by atoms with van der Waals surface area (Å²) in [6, 6.07) is 3.65. The lowest BCUT2D eigenvalue weighted by Crippen LogP contribution is -2.21. The first-order valence-electron chi connectivity index (χ1n) is 7.25. The van der Waals surface area contributed by atoms with Crippen LogP contribution in [0.15, 0.2) is 29.1 Å². The van der Waals surface area contributed by atoms with Gasteiger partial charge in [0, 0.05) is 11.8 Å². The fourth-order valence-electron chi connectivity index (χ4n) is 1.97. The predicted molar refractivity (Wildman–Crippen MR) is 87.1 cm³/mol. The summed E-state index contributed by atoms with van der Waals surface area (Å²) in [7, 11) is 0. The molecule has 0 amide bonds. The number of pyridine rings is 1. The Morgan fingerprint density at radius 3 is 2.55 bits per heavy atom. The van der Waals surface area contributed by atoms with Crippen molar-refractivity contribution in [1.82, 2.24) is 29.7 Å². The van der Waals surface area contributed by atoms with E-state index in [9.17, 15) is 0 Å². The average Bonchev–Trinajstić information content (AvgIpc) is 3.17. The molecule has 8 heteroatoms. The third-order valence-corrected chi connectivity index (χ3v) is 3.48. The summed E-state index contributed by atoms with van der Waals surface area (Å²) in [5.41, 5.74) is 1.54. The molecule has 22 heavy (non-hydrogen) atoms. The molecule has 0 radical (unpaired) electrons. The van der Waals surface area contributed by atoms with Crippen molar-refractivity contribution in [3.8, 4) is 11.5 Å². The molecule has 3 heterocycles. The minimum atomic E-state index is 0.256. The van der Waals surface area contributed by atoms with Crippen LogP contribution >= 0.6 is 12.2 Å². The Kier molecular flexibility index (Phi) is 5.79. The highest BCUT2D eigenvalue weighted by atomic mass is 32.1. The first kappa shape index (κ1) is 16.3. The van der Waals surface area contributed by atoms with Gasteiger partial charge in [0.15, 0.2) is 5.65 Å². The highest BCUT2D eigenvalue weighted by Gasteiger charge is 2.05. The van der Waals surface area contributed by atoms with Crippen molar-refractivity contribution in [2.75, 3.05) is 19.6 Å². The van der Waals surface area contributed by atoms with Crippen molar-refractivity contribution in [1.29, 1.82) is 0 Å². The molecule has 0 saturated carbocycles. The molecule has 0 spiro atoms. The van der Waals surface area contributed by atoms with Crippen LogP contribution in [0.3, 0.4) is 0 Å². The van der Waals surface area contributed by atoms with E-state index in [2.05, 4.69) is 46.0 Å². The first-order chi connectivity index (χ1) is 10.7. The van der Waals surface area contributed by atoms with Gasteiger partial charge in [0.25, 0.3) is 4.84 Å². The molecule has 0 saturated heterocycles. The third-order valence-electron chi connectivity index (χ3n) is 3.31. The number of fused-ring (bicyclic) bond motifs is 1. The quantitative estimate of drug-likeness (QED) is 0.745. The average molecular weight is 320 g/mol. The van der Waals surface area contributed by atoms with E-state index in [4.69, 9.17) is 16.6 Å². The third kappa shape index (κ3) is 3.99. The van der Waals surface area contributed by atoms with Crippen molar-refractivity contribution in [3.63, 3.8) is 0 Å². The molecule has 0 unspecified atom stereocenters. The van der Waals surface area contributed by atoms with E-state index in [-0.39, 0.29) is 4.84 Å². The largest absolute Gasteiger partial charge is 0.409 e. The summed E-state index contributed by atoms with van der Waals surface area (Å²) >= 11 is 4.79. The van der Waals surface area contributed by atoms with Gasteiger partial charge in [-0.2, -0.15) is 5.10 Å². The van der Waals surface area contributed by atoms with E-state index < -0.39 is 0 Å². The van der Waals surface area contributed by atoms with E-state index in [1.807, 2.05) is 12.1 Å². The molecule has 0 aliphatic heterocycles. The molecule has 0 fully saturated rings. The van der Waals surface area contributed by atoms with Crippen molar-refractivity contribution >= 4 is 17.9 Å². The lowest BCUT2D eigenvalue weighted by atomic mass is 10.3. The van der Waals surface area contributed by atoms with Gasteiger partial charge in [0.1, 0.15) is 6.33 Å². The second kappa shape index (κ2) is 7.81. The van der Waals surface area contributed by atoms with Gasteiger partial charge >= 0.3 is 0 Å². The van der Waals surface area contributed by atoms with Crippen LogP contribution in [-0.2, 0) is 0 Å². The van der Waals surface area contributed by atoms with Crippen molar-refractivity contribution in [2.24, 2.45) is 0 Å². The molecule has 0 atom stereocenters. The van der Waals surface area contributed by atoms with Gasteiger partial charge in [-0.1, -0.05) is 20.8 Å². The van der Waals surface area contributed by atoms with Crippen LogP contribution in [0.4, 0.5) is 0 Å². The van der Waals surface area contributed by atoms with Gasteiger partial charge in [-0.25, -0.2) is 14.6 Å². The van der Waals surface area contributed by atoms with Crippen molar-refractivity contribution in [2.45, 2.75) is 20.8 Å². The molecule has 0 aromatic carbocycles. The number of aromatic amines is 1. The van der Waals surface area contributed by atoms with Crippen LogP contribution in [0.1, 0.15) is 20.8 Å². The van der Waals surface area contributed by atoms with Crippen LogP contribution in [0.2, 0.25) is 0 Å². The maximum Gasteiger partial charge on any atom is 0.284 e. The topological polar surface area (TPSA) is 75.2 Å². The van der Waals surface area contributed by atoms with E-state index in [1.54, 1.807) is 10.7 Å². The minimum Gasteiger partial charge on any atom is -0.409 e. The number of nitrogens with zero attached hydrogens (tertiary/aromatic N) is 5. The Morgan fingerprint density at radius 1 is 1.27 bits per heavy atom. The van der Waals surface area contributed by atoms with E-state index in [1.165, 1.54) is 26.0 Å². The molecule has 118 valence electrons. The predicted octanol–water partition coefficient (Wildman–Crippen LogP) is 2.79. The van der Waals surface area contributed by atoms with Crippen LogP contribution in [0.25, 0.3) is 17.1 Å². The van der Waals surface area contributed by atoms with Crippen LogP contribution in [0, 0.1) is 4.84 Å². The molecule has 7 nitrogen and oxygen atoms in total. The molecule has 3 rings (SSSR count). The molecular formula is C14H20N6OS. The highest BCUT2D eigenvalue weighted by molar-refractivity contribution is 7.71. The Hall–Kier alpha value is -2.06. The fourth-order valence-corrected chi connectivity index (χ4v) is 2.10. The molecule has 0 bridgehead atoms. The molecule has 1 N–H and O–H groups in total. The number of hydrogen-bond donors (Lipinski definition) is 1. The summed E-state index contributed by atoms with van der Waals surface area (Å²) in [4.78, 5) is 6.69. The maximum absolute atomic E-state index is 5.19. The number of hydrogen-bond acceptors (Lipinski definition) is 6. The maximum atomic E-state index is 5.19. The van der Waals surface area contributed by atoms with Gasteiger partial charge in [-0.15, -0.1) is 5.10 Å².